The highest BCUT2D eigenvalue weighted by molar-refractivity contribution is 7.91. The average molecular weight is 468 g/mol. The number of hydrogen-bond acceptors (Lipinski definition) is 4. The fourth-order valence-electron chi connectivity index (χ4n) is 4.51. The van der Waals surface area contributed by atoms with Crippen molar-refractivity contribution in [1.82, 2.24) is 4.90 Å². The molecule has 6 heteroatoms. The highest BCUT2D eigenvalue weighted by Gasteiger charge is 2.35. The van der Waals surface area contributed by atoms with Crippen molar-refractivity contribution in [2.24, 2.45) is 0 Å². The Morgan fingerprint density at radius 2 is 1.70 bits per heavy atom. The monoisotopic (exact) mass is 467 g/mol. The second-order valence-corrected chi connectivity index (χ2v) is 12.1. The number of furan rings is 1. The van der Waals surface area contributed by atoms with E-state index in [0.29, 0.717) is 24.8 Å². The summed E-state index contributed by atoms with van der Waals surface area (Å²) in [4.78, 5) is 15.3. The van der Waals surface area contributed by atoms with Crippen molar-refractivity contribution < 1.29 is 17.6 Å². The van der Waals surface area contributed by atoms with Crippen molar-refractivity contribution in [3.8, 4) is 0 Å². The zero-order chi connectivity index (χ0) is 23.8. The predicted molar refractivity (Wildman–Crippen MR) is 132 cm³/mol. The van der Waals surface area contributed by atoms with Crippen LogP contribution in [0.3, 0.4) is 0 Å². The molecule has 2 aromatic carbocycles. The predicted octanol–water partition coefficient (Wildman–Crippen LogP) is 5.44. The Hall–Kier alpha value is -2.60. The molecule has 1 aliphatic rings. The van der Waals surface area contributed by atoms with Gasteiger partial charge in [0.25, 0.3) is 0 Å². The minimum absolute atomic E-state index is 0.0342. The number of fused-ring (bicyclic) bond motifs is 1. The molecule has 5 nitrogen and oxygen atoms in total. The SMILES string of the molecule is CC(C)c1ccc(CN(C(=O)Cc2coc3ccc(C(C)C)cc23)[C@H]2CCS(=O)(=O)C2)cc1. The summed E-state index contributed by atoms with van der Waals surface area (Å²) < 4.78 is 30.1. The zero-order valence-electron chi connectivity index (χ0n) is 19.9. The van der Waals surface area contributed by atoms with Crippen molar-refractivity contribution in [2.75, 3.05) is 11.5 Å². The molecule has 1 aromatic heterocycles. The lowest BCUT2D eigenvalue weighted by Crippen LogP contribution is -2.41. The van der Waals surface area contributed by atoms with Gasteiger partial charge in [0.05, 0.1) is 24.2 Å². The molecule has 3 aromatic rings. The van der Waals surface area contributed by atoms with Gasteiger partial charge >= 0.3 is 0 Å². The van der Waals surface area contributed by atoms with Crippen molar-refractivity contribution >= 4 is 26.7 Å². The first-order chi connectivity index (χ1) is 15.6. The van der Waals surface area contributed by atoms with Crippen LogP contribution in [0.4, 0.5) is 0 Å². The fourth-order valence-corrected chi connectivity index (χ4v) is 6.24. The minimum Gasteiger partial charge on any atom is -0.464 e. The first-order valence-electron chi connectivity index (χ1n) is 11.7. The van der Waals surface area contributed by atoms with E-state index < -0.39 is 9.84 Å². The van der Waals surface area contributed by atoms with Gasteiger partial charge in [0.1, 0.15) is 5.58 Å². The van der Waals surface area contributed by atoms with Crippen LogP contribution in [0, 0.1) is 0 Å². The van der Waals surface area contributed by atoms with Gasteiger partial charge in [-0.2, -0.15) is 0 Å². The average Bonchev–Trinajstić information content (AvgIpc) is 3.34. The molecule has 1 saturated heterocycles. The number of nitrogens with zero attached hydrogens (tertiary/aromatic N) is 1. The van der Waals surface area contributed by atoms with Crippen LogP contribution in [0.15, 0.2) is 53.1 Å². The van der Waals surface area contributed by atoms with E-state index in [2.05, 4.69) is 52.0 Å². The largest absolute Gasteiger partial charge is 0.464 e. The summed E-state index contributed by atoms with van der Waals surface area (Å²) in [5.41, 5.74) is 5.06. The molecule has 0 N–H and O–H groups in total. The molecular weight excluding hydrogens is 434 g/mol. The van der Waals surface area contributed by atoms with Gasteiger partial charge in [0.15, 0.2) is 9.84 Å². The second-order valence-electron chi connectivity index (χ2n) is 9.82. The molecule has 1 amide bonds. The van der Waals surface area contributed by atoms with Crippen molar-refractivity contribution in [2.45, 2.75) is 65.0 Å². The molecular formula is C27H33NO4S. The number of carbonyl (C=O) groups is 1. The van der Waals surface area contributed by atoms with Gasteiger partial charge in [-0.3, -0.25) is 4.79 Å². The molecule has 2 heterocycles. The van der Waals surface area contributed by atoms with Gasteiger partial charge in [-0.15, -0.1) is 0 Å². The molecule has 33 heavy (non-hydrogen) atoms. The van der Waals surface area contributed by atoms with Crippen LogP contribution < -0.4 is 0 Å². The van der Waals surface area contributed by atoms with Gasteiger partial charge in [0, 0.05) is 23.5 Å². The van der Waals surface area contributed by atoms with Crippen molar-refractivity contribution in [3.05, 3.63) is 71.0 Å². The molecule has 4 rings (SSSR count). The van der Waals surface area contributed by atoms with Gasteiger partial charge in [0.2, 0.25) is 5.91 Å². The third-order valence-corrected chi connectivity index (χ3v) is 8.41. The highest BCUT2D eigenvalue weighted by Crippen LogP contribution is 2.28. The second kappa shape index (κ2) is 9.34. The molecule has 0 saturated carbocycles. The molecule has 1 aliphatic heterocycles. The molecule has 0 spiro atoms. The van der Waals surface area contributed by atoms with E-state index in [1.165, 1.54) is 11.1 Å². The van der Waals surface area contributed by atoms with Gasteiger partial charge in [-0.05, 0) is 47.1 Å². The summed E-state index contributed by atoms with van der Waals surface area (Å²) in [7, 11) is -3.11. The summed E-state index contributed by atoms with van der Waals surface area (Å²) in [5, 5.41) is 0.954. The summed E-state index contributed by atoms with van der Waals surface area (Å²) in [6.45, 7) is 8.98. The third-order valence-electron chi connectivity index (χ3n) is 6.65. The number of carbonyl (C=O) groups excluding carboxylic acids is 1. The summed E-state index contributed by atoms with van der Waals surface area (Å²) in [5.74, 6) is 0.915. The molecule has 0 unspecified atom stereocenters. The number of sulfone groups is 1. The van der Waals surface area contributed by atoms with Crippen LogP contribution in [-0.4, -0.2) is 36.8 Å². The summed E-state index contributed by atoms with van der Waals surface area (Å²) >= 11 is 0. The Bertz CT molecular complexity index is 1240. The number of rotatable bonds is 7. The molecule has 0 radical (unpaired) electrons. The molecule has 176 valence electrons. The Balaban J connectivity index is 1.60. The Kier molecular flexibility index (Phi) is 6.66. The van der Waals surface area contributed by atoms with Crippen LogP contribution >= 0.6 is 0 Å². The van der Waals surface area contributed by atoms with Crippen molar-refractivity contribution in [3.63, 3.8) is 0 Å². The lowest BCUT2D eigenvalue weighted by molar-refractivity contribution is -0.133. The number of amides is 1. The maximum absolute atomic E-state index is 13.5. The van der Waals surface area contributed by atoms with Crippen LogP contribution in [-0.2, 0) is 27.6 Å². The van der Waals surface area contributed by atoms with E-state index >= 15 is 0 Å². The highest BCUT2D eigenvalue weighted by atomic mass is 32.2. The summed E-state index contributed by atoms with van der Waals surface area (Å²) in [6, 6.07) is 14.1. The van der Waals surface area contributed by atoms with Gasteiger partial charge in [-0.25, -0.2) is 8.42 Å². The fraction of sp³-hybridized carbons (Fsp3) is 0.444. The first kappa shape index (κ1) is 23.6. The smallest absolute Gasteiger partial charge is 0.227 e. The van der Waals surface area contributed by atoms with E-state index in [0.717, 1.165) is 22.1 Å². The molecule has 1 fully saturated rings. The Morgan fingerprint density at radius 3 is 2.30 bits per heavy atom. The van der Waals surface area contributed by atoms with Crippen LogP contribution in [0.2, 0.25) is 0 Å². The maximum atomic E-state index is 13.5. The summed E-state index contributed by atoms with van der Waals surface area (Å²) in [6.07, 6.45) is 2.34. The molecule has 0 bridgehead atoms. The van der Waals surface area contributed by atoms with Gasteiger partial charge in [-0.1, -0.05) is 58.0 Å². The van der Waals surface area contributed by atoms with E-state index in [9.17, 15) is 13.2 Å². The van der Waals surface area contributed by atoms with E-state index in [1.54, 1.807) is 11.2 Å². The first-order valence-corrected chi connectivity index (χ1v) is 13.5. The molecule has 1 atom stereocenters. The Morgan fingerprint density at radius 1 is 1.03 bits per heavy atom. The van der Waals surface area contributed by atoms with E-state index in [4.69, 9.17) is 4.42 Å². The van der Waals surface area contributed by atoms with Crippen molar-refractivity contribution in [1.29, 1.82) is 0 Å². The van der Waals surface area contributed by atoms with Crippen LogP contribution in [0.1, 0.15) is 68.2 Å². The van der Waals surface area contributed by atoms with Crippen LogP contribution in [0.5, 0.6) is 0 Å². The quantitative estimate of drug-likeness (QED) is 0.464. The lowest BCUT2D eigenvalue weighted by atomic mass is 9.99. The lowest BCUT2D eigenvalue weighted by Gasteiger charge is -2.28. The Labute approximate surface area is 196 Å². The normalized spacial score (nSPS) is 17.8. The maximum Gasteiger partial charge on any atom is 0.227 e. The van der Waals surface area contributed by atoms with E-state index in [-0.39, 0.29) is 29.9 Å². The standard InChI is InChI=1S/C27H33NO4S/c1-18(2)21-7-5-20(6-8-21)15-28(24-11-12-33(30,31)17-24)27(29)14-23-16-32-26-10-9-22(19(3)4)13-25(23)26/h5-10,13,16,18-19,24H,11-12,14-15,17H2,1-4H3/t24-/m0/s1. The molecule has 0 aliphatic carbocycles. The van der Waals surface area contributed by atoms with Crippen LogP contribution in [0.25, 0.3) is 11.0 Å². The third kappa shape index (κ3) is 5.32. The van der Waals surface area contributed by atoms with Gasteiger partial charge < -0.3 is 9.32 Å². The topological polar surface area (TPSA) is 67.6 Å². The number of benzene rings is 2. The van der Waals surface area contributed by atoms with E-state index in [1.807, 2.05) is 18.2 Å². The minimum atomic E-state index is -3.11. The number of hydrogen-bond donors (Lipinski definition) is 0. The zero-order valence-corrected chi connectivity index (χ0v) is 20.7.